The van der Waals surface area contributed by atoms with E-state index in [0.29, 0.717) is 5.56 Å². The van der Waals surface area contributed by atoms with Crippen LogP contribution in [0.5, 0.6) is 0 Å². The fraction of sp³-hybridized carbons (Fsp3) is 0.211. The lowest BCUT2D eigenvalue weighted by Gasteiger charge is -2.26. The van der Waals surface area contributed by atoms with Crippen LogP contribution in [0.1, 0.15) is 24.2 Å². The van der Waals surface area contributed by atoms with Crippen molar-refractivity contribution in [3.8, 4) is 10.6 Å². The highest BCUT2D eigenvalue weighted by molar-refractivity contribution is 7.13. The number of thiophene rings is 1. The van der Waals surface area contributed by atoms with Gasteiger partial charge in [0, 0.05) is 11.4 Å². The molecule has 2 heterocycles. The summed E-state index contributed by atoms with van der Waals surface area (Å²) in [4.78, 5) is 31.7. The first-order chi connectivity index (χ1) is 12.0. The summed E-state index contributed by atoms with van der Waals surface area (Å²) in [5.74, 6) is -0.746. The van der Waals surface area contributed by atoms with Crippen LogP contribution in [0.4, 0.5) is 0 Å². The number of carbonyl (C=O) groups excluding carboxylic acids is 2. The molecule has 0 saturated carbocycles. The van der Waals surface area contributed by atoms with Crippen molar-refractivity contribution in [3.05, 3.63) is 53.4 Å². The van der Waals surface area contributed by atoms with E-state index in [0.717, 1.165) is 21.5 Å². The second-order valence-corrected chi connectivity index (χ2v) is 6.99. The van der Waals surface area contributed by atoms with Crippen LogP contribution in [-0.4, -0.2) is 34.3 Å². The molecule has 0 atom stereocenters. The predicted molar refractivity (Wildman–Crippen MR) is 100 cm³/mol. The van der Waals surface area contributed by atoms with Crippen molar-refractivity contribution < 1.29 is 9.59 Å². The van der Waals surface area contributed by atoms with Crippen molar-refractivity contribution in [3.63, 3.8) is 0 Å². The minimum Gasteiger partial charge on any atom is -0.368 e. The fourth-order valence-corrected chi connectivity index (χ4v) is 3.40. The van der Waals surface area contributed by atoms with Crippen molar-refractivity contribution in [1.29, 1.82) is 0 Å². The molecule has 3 aromatic rings. The molecule has 3 rings (SSSR count). The second kappa shape index (κ2) is 7.03. The van der Waals surface area contributed by atoms with Gasteiger partial charge in [-0.1, -0.05) is 24.3 Å². The molecule has 1 aromatic carbocycles. The highest BCUT2D eigenvalue weighted by atomic mass is 32.1. The maximum Gasteiger partial charge on any atom is 0.255 e. The van der Waals surface area contributed by atoms with Crippen LogP contribution in [-0.2, 0) is 4.79 Å². The number of rotatable bonds is 5. The number of carbonyl (C=O) groups is 2. The van der Waals surface area contributed by atoms with Gasteiger partial charge in [-0.25, -0.2) is 4.98 Å². The molecule has 2 aromatic heterocycles. The number of nitrogens with two attached hydrogens (primary N) is 1. The first-order valence-electron chi connectivity index (χ1n) is 8.00. The van der Waals surface area contributed by atoms with Crippen molar-refractivity contribution >= 4 is 34.1 Å². The smallest absolute Gasteiger partial charge is 0.255 e. The summed E-state index contributed by atoms with van der Waals surface area (Å²) in [7, 11) is 0. The highest BCUT2D eigenvalue weighted by Gasteiger charge is 2.23. The number of pyridine rings is 1. The van der Waals surface area contributed by atoms with E-state index < -0.39 is 5.91 Å². The fourth-order valence-electron chi connectivity index (χ4n) is 2.71. The maximum absolute atomic E-state index is 13.2. The second-order valence-electron chi connectivity index (χ2n) is 6.04. The van der Waals surface area contributed by atoms with E-state index in [1.807, 2.05) is 55.6 Å². The summed E-state index contributed by atoms with van der Waals surface area (Å²) in [6.07, 6.45) is 0. The van der Waals surface area contributed by atoms with Gasteiger partial charge in [-0.15, -0.1) is 11.3 Å². The third-order valence-electron chi connectivity index (χ3n) is 3.93. The third kappa shape index (κ3) is 3.53. The van der Waals surface area contributed by atoms with Gasteiger partial charge < -0.3 is 10.6 Å². The predicted octanol–water partition coefficient (Wildman–Crippen LogP) is 3.30. The average Bonchev–Trinajstić information content (AvgIpc) is 3.12. The zero-order valence-electron chi connectivity index (χ0n) is 14.1. The van der Waals surface area contributed by atoms with Gasteiger partial charge in [-0.2, -0.15) is 0 Å². The molecule has 0 spiro atoms. The van der Waals surface area contributed by atoms with E-state index >= 15 is 0 Å². The van der Waals surface area contributed by atoms with Crippen molar-refractivity contribution in [2.45, 2.75) is 19.9 Å². The van der Waals surface area contributed by atoms with Crippen molar-refractivity contribution in [1.82, 2.24) is 9.88 Å². The zero-order valence-corrected chi connectivity index (χ0v) is 14.9. The first-order valence-corrected chi connectivity index (χ1v) is 8.88. The van der Waals surface area contributed by atoms with Gasteiger partial charge in [0.1, 0.15) is 0 Å². The van der Waals surface area contributed by atoms with Crippen molar-refractivity contribution in [2.75, 3.05) is 6.54 Å². The van der Waals surface area contributed by atoms with Crippen LogP contribution in [0.2, 0.25) is 0 Å². The van der Waals surface area contributed by atoms with Crippen LogP contribution in [0, 0.1) is 0 Å². The summed E-state index contributed by atoms with van der Waals surface area (Å²) in [6.45, 7) is 3.62. The number of aromatic nitrogens is 1. The molecule has 25 heavy (non-hydrogen) atoms. The van der Waals surface area contributed by atoms with E-state index in [1.54, 1.807) is 17.4 Å². The molecule has 0 aliphatic rings. The zero-order chi connectivity index (χ0) is 18.0. The molecule has 0 aliphatic heterocycles. The Morgan fingerprint density at radius 2 is 1.96 bits per heavy atom. The van der Waals surface area contributed by atoms with E-state index in [4.69, 9.17) is 5.73 Å². The molecule has 0 aliphatic carbocycles. The van der Waals surface area contributed by atoms with Crippen LogP contribution in [0.25, 0.3) is 21.5 Å². The Morgan fingerprint density at radius 3 is 2.60 bits per heavy atom. The molecule has 0 saturated heterocycles. The Labute approximate surface area is 150 Å². The van der Waals surface area contributed by atoms with Crippen LogP contribution < -0.4 is 5.73 Å². The Bertz CT molecular complexity index is 920. The van der Waals surface area contributed by atoms with E-state index in [1.165, 1.54) is 4.90 Å². The number of hydrogen-bond donors (Lipinski definition) is 1. The summed E-state index contributed by atoms with van der Waals surface area (Å²) in [5, 5.41) is 2.74. The lowest BCUT2D eigenvalue weighted by molar-refractivity contribution is -0.119. The Balaban J connectivity index is 2.16. The molecule has 6 heteroatoms. The number of amides is 2. The molecule has 0 unspecified atom stereocenters. The highest BCUT2D eigenvalue weighted by Crippen LogP contribution is 2.28. The third-order valence-corrected chi connectivity index (χ3v) is 4.82. The van der Waals surface area contributed by atoms with E-state index in [2.05, 4.69) is 4.98 Å². The molecule has 0 radical (unpaired) electrons. The lowest BCUT2D eigenvalue weighted by Crippen LogP contribution is -2.42. The molecule has 0 bridgehead atoms. The molecule has 128 valence electrons. The molecule has 5 nitrogen and oxygen atoms in total. The van der Waals surface area contributed by atoms with Crippen LogP contribution in [0.3, 0.4) is 0 Å². The normalized spacial score (nSPS) is 11.0. The van der Waals surface area contributed by atoms with Crippen LogP contribution in [0.15, 0.2) is 47.8 Å². The van der Waals surface area contributed by atoms with Gasteiger partial charge in [0.2, 0.25) is 5.91 Å². The number of para-hydroxylation sites is 1. The quantitative estimate of drug-likeness (QED) is 0.764. The number of fused-ring (bicyclic) bond motifs is 1. The largest absolute Gasteiger partial charge is 0.368 e. The van der Waals surface area contributed by atoms with E-state index in [-0.39, 0.29) is 18.5 Å². The minimum atomic E-state index is -0.529. The monoisotopic (exact) mass is 353 g/mol. The lowest BCUT2D eigenvalue weighted by atomic mass is 10.0. The van der Waals surface area contributed by atoms with E-state index in [9.17, 15) is 9.59 Å². The van der Waals surface area contributed by atoms with Gasteiger partial charge in [-0.3, -0.25) is 9.59 Å². The summed E-state index contributed by atoms with van der Waals surface area (Å²) in [6, 6.07) is 13.1. The van der Waals surface area contributed by atoms with Gasteiger partial charge in [0.15, 0.2) is 0 Å². The Hall–Kier alpha value is -2.73. The Morgan fingerprint density at radius 1 is 1.20 bits per heavy atom. The SMILES string of the molecule is CC(C)N(CC(N)=O)C(=O)c1cc(-c2cccs2)nc2ccccc12. The average molecular weight is 353 g/mol. The van der Waals surface area contributed by atoms with Crippen LogP contribution >= 0.6 is 11.3 Å². The summed E-state index contributed by atoms with van der Waals surface area (Å²) >= 11 is 1.57. The summed E-state index contributed by atoms with van der Waals surface area (Å²) in [5.41, 5.74) is 7.35. The van der Waals surface area contributed by atoms with Gasteiger partial charge >= 0.3 is 0 Å². The molecule has 0 fully saturated rings. The maximum atomic E-state index is 13.2. The standard InChI is InChI=1S/C19H19N3O2S/c1-12(2)22(11-18(20)23)19(24)14-10-16(17-8-5-9-25-17)21-15-7-4-3-6-13(14)15/h3-10,12H,11H2,1-2H3,(H2,20,23). The molecular formula is C19H19N3O2S. The number of benzene rings is 1. The number of hydrogen-bond acceptors (Lipinski definition) is 4. The summed E-state index contributed by atoms with van der Waals surface area (Å²) < 4.78 is 0. The van der Waals surface area contributed by atoms with Gasteiger partial charge in [-0.05, 0) is 37.4 Å². The Kier molecular flexibility index (Phi) is 4.81. The number of primary amides is 1. The molecule has 2 N–H and O–H groups in total. The van der Waals surface area contributed by atoms with Gasteiger partial charge in [0.25, 0.3) is 5.91 Å². The molecular weight excluding hydrogens is 334 g/mol. The minimum absolute atomic E-state index is 0.110. The van der Waals surface area contributed by atoms with Gasteiger partial charge in [0.05, 0.1) is 28.2 Å². The first kappa shape index (κ1) is 17.1. The number of nitrogens with zero attached hydrogens (tertiary/aromatic N) is 2. The topological polar surface area (TPSA) is 76.3 Å². The van der Waals surface area contributed by atoms with Crippen molar-refractivity contribution in [2.24, 2.45) is 5.73 Å². The molecule has 2 amide bonds.